The van der Waals surface area contributed by atoms with Gasteiger partial charge < -0.3 is 25.1 Å². The van der Waals surface area contributed by atoms with E-state index < -0.39 is 0 Å². The molecular formula is C38H47N5O3. The molecule has 2 aliphatic rings. The van der Waals surface area contributed by atoms with E-state index in [1.165, 1.54) is 35.1 Å². The first kappa shape index (κ1) is 31.8. The van der Waals surface area contributed by atoms with Crippen LogP contribution < -0.4 is 16.0 Å². The minimum absolute atomic E-state index is 0.148. The van der Waals surface area contributed by atoms with Gasteiger partial charge in [-0.25, -0.2) is 4.98 Å². The number of aryl methyl sites for hydroxylation is 1. The average molecular weight is 622 g/mol. The molecule has 2 aromatic heterocycles. The molecule has 3 heterocycles. The summed E-state index contributed by atoms with van der Waals surface area (Å²) in [5.41, 5.74) is 7.83. The van der Waals surface area contributed by atoms with Gasteiger partial charge in [0.2, 0.25) is 5.95 Å². The van der Waals surface area contributed by atoms with Gasteiger partial charge in [-0.05, 0) is 95.0 Å². The fourth-order valence-electron chi connectivity index (χ4n) is 6.61. The number of amides is 1. The number of hydrogen-bond acceptors (Lipinski definition) is 7. The Hall–Kier alpha value is -4.17. The van der Waals surface area contributed by atoms with Crippen LogP contribution in [0.3, 0.4) is 0 Å². The molecule has 3 N–H and O–H groups in total. The third-order valence-electron chi connectivity index (χ3n) is 9.64. The lowest BCUT2D eigenvalue weighted by Crippen LogP contribution is -2.34. The maximum atomic E-state index is 13.0. The number of anilines is 2. The van der Waals surface area contributed by atoms with Gasteiger partial charge in [-0.2, -0.15) is 4.98 Å². The fourth-order valence-corrected chi connectivity index (χ4v) is 6.61. The maximum absolute atomic E-state index is 13.0. The lowest BCUT2D eigenvalue weighted by molar-refractivity contribution is 0.0921. The molecule has 1 amide bonds. The van der Waals surface area contributed by atoms with Gasteiger partial charge in [0.05, 0.1) is 6.10 Å². The smallest absolute Gasteiger partial charge is 0.287 e. The molecule has 0 radical (unpaired) electrons. The van der Waals surface area contributed by atoms with E-state index in [-0.39, 0.29) is 22.8 Å². The van der Waals surface area contributed by atoms with E-state index in [1.807, 2.05) is 30.3 Å². The number of nitrogens with zero attached hydrogens (tertiary/aromatic N) is 2. The SMILES string of the molecule is Cc1cc2c(cc1Cc1ccc(C(=O)NCc3cccc(CNc4nccc(NC[C@H]5CCCO5)n4)c3)o1)C(C)(C)CCC2(C)C. The number of rotatable bonds is 11. The quantitative estimate of drug-likeness (QED) is 0.160. The summed E-state index contributed by atoms with van der Waals surface area (Å²) < 4.78 is 11.7. The fraction of sp³-hybridized carbons (Fsp3) is 0.447. The van der Waals surface area contributed by atoms with E-state index in [9.17, 15) is 4.79 Å². The Kier molecular flexibility index (Phi) is 9.18. The van der Waals surface area contributed by atoms with Crippen molar-refractivity contribution in [3.05, 3.63) is 106 Å². The molecule has 0 saturated carbocycles. The number of furan rings is 1. The molecule has 0 unspecified atom stereocenters. The van der Waals surface area contributed by atoms with Crippen LogP contribution in [0.1, 0.15) is 103 Å². The van der Waals surface area contributed by atoms with Gasteiger partial charge in [0.15, 0.2) is 5.76 Å². The summed E-state index contributed by atoms with van der Waals surface area (Å²) in [7, 11) is 0. The standard InChI is InChI=1S/C38H47N5O3/c1-25-18-31-32(38(4,5)15-14-37(31,2)3)21-28(25)20-29-11-12-33(46-29)35(44)41-22-26-8-6-9-27(19-26)23-42-36-39-16-13-34(43-36)40-24-30-10-7-17-45-30/h6,8-9,11-13,16,18-19,21,30H,7,10,14-15,17,20,22-24H2,1-5H3,(H,41,44)(H2,39,40,42,43)/t30-/m1/s1. The van der Waals surface area contributed by atoms with Crippen molar-refractivity contribution in [2.24, 2.45) is 0 Å². The summed E-state index contributed by atoms with van der Waals surface area (Å²) in [4.78, 5) is 21.9. The molecule has 1 aliphatic heterocycles. The van der Waals surface area contributed by atoms with Crippen molar-refractivity contribution < 1.29 is 13.9 Å². The van der Waals surface area contributed by atoms with E-state index in [2.05, 4.69) is 78.7 Å². The molecule has 1 aliphatic carbocycles. The highest BCUT2D eigenvalue weighted by Gasteiger charge is 2.37. The molecule has 242 valence electrons. The van der Waals surface area contributed by atoms with Crippen molar-refractivity contribution in [3.8, 4) is 0 Å². The zero-order valence-corrected chi connectivity index (χ0v) is 27.8. The molecule has 2 aromatic carbocycles. The third kappa shape index (κ3) is 7.44. The van der Waals surface area contributed by atoms with E-state index in [0.717, 1.165) is 48.7 Å². The number of benzene rings is 2. The topological polar surface area (TPSA) is 101 Å². The third-order valence-corrected chi connectivity index (χ3v) is 9.64. The molecule has 8 nitrogen and oxygen atoms in total. The summed E-state index contributed by atoms with van der Waals surface area (Å²) in [6, 6.07) is 18.4. The molecule has 1 fully saturated rings. The van der Waals surface area contributed by atoms with Gasteiger partial charge in [0.25, 0.3) is 5.91 Å². The second kappa shape index (κ2) is 13.3. The van der Waals surface area contributed by atoms with Crippen LogP contribution in [-0.4, -0.2) is 35.1 Å². The van der Waals surface area contributed by atoms with Crippen molar-refractivity contribution in [1.29, 1.82) is 0 Å². The maximum Gasteiger partial charge on any atom is 0.287 e. The molecule has 0 spiro atoms. The van der Waals surface area contributed by atoms with Crippen LogP contribution in [0.5, 0.6) is 0 Å². The molecule has 6 rings (SSSR count). The largest absolute Gasteiger partial charge is 0.456 e. The Balaban J connectivity index is 1.02. The highest BCUT2D eigenvalue weighted by Crippen LogP contribution is 2.46. The molecule has 1 saturated heterocycles. The van der Waals surface area contributed by atoms with Gasteiger partial charge in [0.1, 0.15) is 11.6 Å². The molecule has 1 atom stereocenters. The second-order valence-corrected chi connectivity index (χ2v) is 14.2. The molecule has 46 heavy (non-hydrogen) atoms. The minimum Gasteiger partial charge on any atom is -0.456 e. The first-order valence-corrected chi connectivity index (χ1v) is 16.6. The highest BCUT2D eigenvalue weighted by molar-refractivity contribution is 5.91. The number of carbonyl (C=O) groups excluding carboxylic acids is 1. The van der Waals surface area contributed by atoms with Gasteiger partial charge in [-0.1, -0.05) is 64.1 Å². The predicted molar refractivity (Wildman–Crippen MR) is 182 cm³/mol. The monoisotopic (exact) mass is 621 g/mol. The molecule has 0 bridgehead atoms. The van der Waals surface area contributed by atoms with Crippen LogP contribution in [0.25, 0.3) is 0 Å². The van der Waals surface area contributed by atoms with Gasteiger partial charge in [-0.15, -0.1) is 0 Å². The number of fused-ring (bicyclic) bond motifs is 1. The summed E-state index contributed by atoms with van der Waals surface area (Å²) in [6.07, 6.45) is 7.22. The van der Waals surface area contributed by atoms with Crippen molar-refractivity contribution >= 4 is 17.7 Å². The van der Waals surface area contributed by atoms with Crippen LogP contribution >= 0.6 is 0 Å². The van der Waals surface area contributed by atoms with Crippen molar-refractivity contribution in [3.63, 3.8) is 0 Å². The Morgan fingerprint density at radius 3 is 2.46 bits per heavy atom. The average Bonchev–Trinajstić information content (AvgIpc) is 3.74. The van der Waals surface area contributed by atoms with Crippen LogP contribution in [0, 0.1) is 6.92 Å². The second-order valence-electron chi connectivity index (χ2n) is 14.2. The Labute approximate surface area is 272 Å². The van der Waals surface area contributed by atoms with Crippen molar-refractivity contribution in [2.45, 2.75) is 96.7 Å². The number of hydrogen-bond donors (Lipinski definition) is 3. The summed E-state index contributed by atoms with van der Waals surface area (Å²) in [5.74, 6) is 2.23. The van der Waals surface area contributed by atoms with E-state index in [1.54, 1.807) is 12.3 Å². The summed E-state index contributed by atoms with van der Waals surface area (Å²) in [6.45, 7) is 14.1. The number of ether oxygens (including phenoxy) is 1. The Bertz CT molecular complexity index is 1690. The van der Waals surface area contributed by atoms with Gasteiger partial charge >= 0.3 is 0 Å². The zero-order chi connectivity index (χ0) is 32.3. The normalized spacial score (nSPS) is 18.2. The molecule has 8 heteroatoms. The Morgan fingerprint density at radius 2 is 1.70 bits per heavy atom. The van der Waals surface area contributed by atoms with Crippen LogP contribution in [0.2, 0.25) is 0 Å². The van der Waals surface area contributed by atoms with Gasteiger partial charge in [-0.3, -0.25) is 4.79 Å². The summed E-state index contributed by atoms with van der Waals surface area (Å²) >= 11 is 0. The van der Waals surface area contributed by atoms with E-state index >= 15 is 0 Å². The van der Waals surface area contributed by atoms with E-state index in [4.69, 9.17) is 9.15 Å². The van der Waals surface area contributed by atoms with Crippen LogP contribution in [-0.2, 0) is 35.1 Å². The predicted octanol–water partition coefficient (Wildman–Crippen LogP) is 7.45. The number of aromatic nitrogens is 2. The van der Waals surface area contributed by atoms with Gasteiger partial charge in [0, 0.05) is 38.9 Å². The Morgan fingerprint density at radius 1 is 0.935 bits per heavy atom. The van der Waals surface area contributed by atoms with Crippen molar-refractivity contribution in [1.82, 2.24) is 15.3 Å². The molecule has 4 aromatic rings. The number of carbonyl (C=O) groups is 1. The lowest BCUT2D eigenvalue weighted by Gasteiger charge is -2.42. The van der Waals surface area contributed by atoms with Crippen LogP contribution in [0.15, 0.2) is 65.2 Å². The lowest BCUT2D eigenvalue weighted by atomic mass is 9.62. The minimum atomic E-state index is -0.222. The van der Waals surface area contributed by atoms with Crippen molar-refractivity contribution in [2.75, 3.05) is 23.8 Å². The first-order valence-electron chi connectivity index (χ1n) is 16.6. The number of nitrogens with one attached hydrogen (secondary N) is 3. The summed E-state index contributed by atoms with van der Waals surface area (Å²) in [5, 5.41) is 9.66. The highest BCUT2D eigenvalue weighted by atomic mass is 16.5. The van der Waals surface area contributed by atoms with Crippen LogP contribution in [0.4, 0.5) is 11.8 Å². The molecular weight excluding hydrogens is 574 g/mol. The van der Waals surface area contributed by atoms with E-state index in [0.29, 0.717) is 31.2 Å². The zero-order valence-electron chi connectivity index (χ0n) is 27.8. The first-order chi connectivity index (χ1) is 22.1.